The van der Waals surface area contributed by atoms with Crippen molar-refractivity contribution in [1.82, 2.24) is 15.3 Å². The predicted molar refractivity (Wildman–Crippen MR) is 94.0 cm³/mol. The van der Waals surface area contributed by atoms with Gasteiger partial charge in [-0.3, -0.25) is 14.6 Å². The number of aromatic nitrogens is 2. The van der Waals surface area contributed by atoms with Crippen LogP contribution in [0.25, 0.3) is 0 Å². The van der Waals surface area contributed by atoms with Crippen LogP contribution in [0.2, 0.25) is 0 Å². The SMILES string of the molecule is CC1(NC(=O)c2cccc(Oc3cnccn3)c2)CCCCC1C(=O)O. The van der Waals surface area contributed by atoms with Crippen molar-refractivity contribution in [2.45, 2.75) is 38.1 Å². The fraction of sp³-hybridized carbons (Fsp3) is 0.368. The van der Waals surface area contributed by atoms with Crippen LogP contribution in [-0.4, -0.2) is 32.5 Å². The Morgan fingerprint density at radius 2 is 2.15 bits per heavy atom. The number of carboxylic acids is 1. The molecule has 0 saturated heterocycles. The van der Waals surface area contributed by atoms with E-state index in [1.165, 1.54) is 12.4 Å². The lowest BCUT2D eigenvalue weighted by molar-refractivity contribution is -0.145. The molecule has 26 heavy (non-hydrogen) atoms. The number of carbonyl (C=O) groups excluding carboxylic acids is 1. The summed E-state index contributed by atoms with van der Waals surface area (Å²) in [5.74, 6) is -0.978. The highest BCUT2D eigenvalue weighted by Gasteiger charge is 2.42. The van der Waals surface area contributed by atoms with Crippen LogP contribution >= 0.6 is 0 Å². The maximum absolute atomic E-state index is 12.7. The molecule has 1 amide bonds. The monoisotopic (exact) mass is 355 g/mol. The second-order valence-electron chi connectivity index (χ2n) is 6.68. The van der Waals surface area contributed by atoms with E-state index in [0.717, 1.165) is 12.8 Å². The first kappa shape index (κ1) is 17.8. The van der Waals surface area contributed by atoms with Crippen molar-refractivity contribution in [2.24, 2.45) is 5.92 Å². The molecule has 1 fully saturated rings. The standard InChI is InChI=1S/C19H21N3O4/c1-19(8-3-2-7-15(19)18(24)25)22-17(23)13-5-4-6-14(11-13)26-16-12-20-9-10-21-16/h4-6,9-12,15H,2-3,7-8H2,1H3,(H,22,23)(H,24,25). The lowest BCUT2D eigenvalue weighted by Crippen LogP contribution is -2.55. The molecule has 0 radical (unpaired) electrons. The number of ether oxygens (including phenoxy) is 1. The Morgan fingerprint density at radius 1 is 1.31 bits per heavy atom. The van der Waals surface area contributed by atoms with Gasteiger partial charge in [-0.05, 0) is 38.0 Å². The highest BCUT2D eigenvalue weighted by molar-refractivity contribution is 5.95. The van der Waals surface area contributed by atoms with Gasteiger partial charge in [0.05, 0.1) is 17.7 Å². The van der Waals surface area contributed by atoms with Gasteiger partial charge in [-0.15, -0.1) is 0 Å². The zero-order valence-corrected chi connectivity index (χ0v) is 14.5. The van der Waals surface area contributed by atoms with Crippen LogP contribution in [0.3, 0.4) is 0 Å². The Morgan fingerprint density at radius 3 is 2.88 bits per heavy atom. The highest BCUT2D eigenvalue weighted by atomic mass is 16.5. The van der Waals surface area contributed by atoms with E-state index >= 15 is 0 Å². The topological polar surface area (TPSA) is 101 Å². The Labute approximate surface area is 151 Å². The molecule has 1 aliphatic carbocycles. The fourth-order valence-electron chi connectivity index (χ4n) is 3.37. The molecule has 1 heterocycles. The molecule has 2 N–H and O–H groups in total. The van der Waals surface area contributed by atoms with E-state index in [-0.39, 0.29) is 5.91 Å². The second kappa shape index (κ2) is 7.51. The molecule has 2 unspecified atom stereocenters. The summed E-state index contributed by atoms with van der Waals surface area (Å²) >= 11 is 0. The Bertz CT molecular complexity index is 796. The molecule has 0 aliphatic heterocycles. The van der Waals surface area contributed by atoms with Crippen molar-refractivity contribution >= 4 is 11.9 Å². The zero-order chi connectivity index (χ0) is 18.6. The van der Waals surface area contributed by atoms with E-state index in [1.54, 1.807) is 30.5 Å². The Kier molecular flexibility index (Phi) is 5.16. The molecule has 1 aliphatic rings. The van der Waals surface area contributed by atoms with Crippen LogP contribution in [0.15, 0.2) is 42.9 Å². The second-order valence-corrected chi connectivity index (χ2v) is 6.68. The summed E-state index contributed by atoms with van der Waals surface area (Å²) in [6, 6.07) is 6.69. The van der Waals surface area contributed by atoms with E-state index in [0.29, 0.717) is 30.0 Å². The van der Waals surface area contributed by atoms with Gasteiger partial charge in [0.1, 0.15) is 5.75 Å². The van der Waals surface area contributed by atoms with Gasteiger partial charge < -0.3 is 15.2 Å². The van der Waals surface area contributed by atoms with Crippen molar-refractivity contribution < 1.29 is 19.4 Å². The third kappa shape index (κ3) is 3.99. The molecule has 7 heteroatoms. The molecule has 1 saturated carbocycles. The first-order chi connectivity index (χ1) is 12.5. The lowest BCUT2D eigenvalue weighted by Gasteiger charge is -2.39. The van der Waals surface area contributed by atoms with Gasteiger partial charge >= 0.3 is 5.97 Å². The van der Waals surface area contributed by atoms with E-state index in [1.807, 2.05) is 6.92 Å². The maximum atomic E-state index is 12.7. The van der Waals surface area contributed by atoms with Crippen LogP contribution in [0, 0.1) is 5.92 Å². The van der Waals surface area contributed by atoms with Gasteiger partial charge in [0, 0.05) is 18.0 Å². The van der Waals surface area contributed by atoms with Gasteiger partial charge in [0.2, 0.25) is 5.88 Å². The maximum Gasteiger partial charge on any atom is 0.308 e. The minimum absolute atomic E-state index is 0.315. The number of carboxylic acid groups (broad SMARTS) is 1. The normalized spacial score (nSPS) is 22.4. The molecule has 2 atom stereocenters. The molecule has 1 aromatic heterocycles. The van der Waals surface area contributed by atoms with E-state index < -0.39 is 17.4 Å². The number of carbonyl (C=O) groups is 2. The van der Waals surface area contributed by atoms with E-state index in [2.05, 4.69) is 15.3 Å². The summed E-state index contributed by atoms with van der Waals surface area (Å²) in [6.07, 6.45) is 7.52. The zero-order valence-electron chi connectivity index (χ0n) is 14.5. The summed E-state index contributed by atoms with van der Waals surface area (Å²) in [5.41, 5.74) is -0.356. The lowest BCUT2D eigenvalue weighted by atomic mass is 9.73. The molecule has 3 rings (SSSR count). The third-order valence-electron chi connectivity index (χ3n) is 4.76. The van der Waals surface area contributed by atoms with Crippen LogP contribution in [0.5, 0.6) is 11.6 Å². The van der Waals surface area contributed by atoms with Gasteiger partial charge in [0.15, 0.2) is 0 Å². The number of nitrogens with one attached hydrogen (secondary N) is 1. The first-order valence-electron chi connectivity index (χ1n) is 8.57. The molecule has 0 spiro atoms. The Balaban J connectivity index is 1.75. The minimum Gasteiger partial charge on any atom is -0.481 e. The fourth-order valence-corrected chi connectivity index (χ4v) is 3.37. The molecule has 7 nitrogen and oxygen atoms in total. The van der Waals surface area contributed by atoms with Gasteiger partial charge in [0.25, 0.3) is 5.91 Å². The number of nitrogens with zero attached hydrogens (tertiary/aromatic N) is 2. The van der Waals surface area contributed by atoms with Crippen LogP contribution < -0.4 is 10.1 Å². The van der Waals surface area contributed by atoms with Gasteiger partial charge in [-0.2, -0.15) is 0 Å². The van der Waals surface area contributed by atoms with Crippen LogP contribution in [0.1, 0.15) is 43.0 Å². The summed E-state index contributed by atoms with van der Waals surface area (Å²) < 4.78 is 5.60. The number of amides is 1. The molecule has 0 bridgehead atoms. The first-order valence-corrected chi connectivity index (χ1v) is 8.57. The Hall–Kier alpha value is -2.96. The number of benzene rings is 1. The molecule has 1 aromatic carbocycles. The molecular formula is C19H21N3O4. The largest absolute Gasteiger partial charge is 0.481 e. The summed E-state index contributed by atoms with van der Waals surface area (Å²) in [5, 5.41) is 12.4. The van der Waals surface area contributed by atoms with E-state index in [4.69, 9.17) is 4.74 Å². The molecule has 136 valence electrons. The minimum atomic E-state index is -0.868. The van der Waals surface area contributed by atoms with Crippen molar-refractivity contribution in [3.05, 3.63) is 48.4 Å². The van der Waals surface area contributed by atoms with Crippen molar-refractivity contribution in [2.75, 3.05) is 0 Å². The number of hydrogen-bond acceptors (Lipinski definition) is 5. The van der Waals surface area contributed by atoms with Crippen LogP contribution in [-0.2, 0) is 4.79 Å². The number of hydrogen-bond donors (Lipinski definition) is 2. The smallest absolute Gasteiger partial charge is 0.308 e. The van der Waals surface area contributed by atoms with Gasteiger partial charge in [-0.1, -0.05) is 18.9 Å². The summed E-state index contributed by atoms with van der Waals surface area (Å²) in [6.45, 7) is 1.81. The van der Waals surface area contributed by atoms with E-state index in [9.17, 15) is 14.7 Å². The van der Waals surface area contributed by atoms with Crippen molar-refractivity contribution in [3.8, 4) is 11.6 Å². The summed E-state index contributed by atoms with van der Waals surface area (Å²) in [4.78, 5) is 32.2. The number of aliphatic carboxylic acids is 1. The predicted octanol–water partition coefficient (Wildman–Crippen LogP) is 3.03. The van der Waals surface area contributed by atoms with Crippen molar-refractivity contribution in [1.29, 1.82) is 0 Å². The summed E-state index contributed by atoms with van der Waals surface area (Å²) in [7, 11) is 0. The molecule has 2 aromatic rings. The average molecular weight is 355 g/mol. The third-order valence-corrected chi connectivity index (χ3v) is 4.76. The molecular weight excluding hydrogens is 334 g/mol. The quantitative estimate of drug-likeness (QED) is 0.855. The average Bonchev–Trinajstić information content (AvgIpc) is 2.62. The van der Waals surface area contributed by atoms with Gasteiger partial charge in [-0.25, -0.2) is 4.98 Å². The van der Waals surface area contributed by atoms with Crippen molar-refractivity contribution in [3.63, 3.8) is 0 Å². The van der Waals surface area contributed by atoms with Crippen LogP contribution in [0.4, 0.5) is 0 Å². The number of rotatable bonds is 5. The highest BCUT2D eigenvalue weighted by Crippen LogP contribution is 2.34.